The van der Waals surface area contributed by atoms with Crippen LogP contribution >= 0.6 is 22.9 Å². The van der Waals surface area contributed by atoms with Crippen LogP contribution in [0.15, 0.2) is 29.6 Å². The van der Waals surface area contributed by atoms with Crippen LogP contribution in [0.5, 0.6) is 0 Å². The molecule has 0 aliphatic heterocycles. The number of aromatic amines is 1. The minimum Gasteiger partial charge on any atom is -0.234 e. The molecule has 0 aliphatic carbocycles. The zero-order chi connectivity index (χ0) is 13.2. The van der Waals surface area contributed by atoms with Gasteiger partial charge >= 0.3 is 0 Å². The molecule has 3 aromatic rings. The first-order valence-electron chi connectivity index (χ1n) is 5.30. The van der Waals surface area contributed by atoms with Gasteiger partial charge in [0.2, 0.25) is 0 Å². The van der Waals surface area contributed by atoms with Gasteiger partial charge in [0, 0.05) is 16.0 Å². The molecule has 0 radical (unpaired) electrons. The van der Waals surface area contributed by atoms with Crippen LogP contribution in [-0.2, 0) is 0 Å². The first-order valence-corrected chi connectivity index (χ1v) is 6.56. The zero-order valence-corrected chi connectivity index (χ0v) is 11.0. The van der Waals surface area contributed by atoms with Gasteiger partial charge < -0.3 is 0 Å². The van der Waals surface area contributed by atoms with E-state index in [2.05, 4.69) is 20.4 Å². The number of rotatable bonds is 2. The number of nitrogens with zero attached hydrogens (tertiary/aromatic N) is 4. The SMILES string of the molecule is N#Cc1n[nH]nc1-c1nc(-c2ccc(Cl)cc2)cs1. The number of halogens is 1. The molecule has 2 aromatic heterocycles. The normalized spacial score (nSPS) is 10.3. The third-order valence-electron chi connectivity index (χ3n) is 2.50. The van der Waals surface area contributed by atoms with Gasteiger partial charge in [-0.05, 0) is 12.1 Å². The molecule has 5 nitrogen and oxygen atoms in total. The number of hydrogen-bond donors (Lipinski definition) is 1. The summed E-state index contributed by atoms with van der Waals surface area (Å²) < 4.78 is 0. The Morgan fingerprint density at radius 1 is 1.21 bits per heavy atom. The summed E-state index contributed by atoms with van der Waals surface area (Å²) in [5, 5.41) is 22.3. The van der Waals surface area contributed by atoms with Crippen LogP contribution in [0.3, 0.4) is 0 Å². The van der Waals surface area contributed by atoms with Crippen molar-refractivity contribution in [3.63, 3.8) is 0 Å². The summed E-state index contributed by atoms with van der Waals surface area (Å²) in [5.41, 5.74) is 2.52. The van der Waals surface area contributed by atoms with Crippen molar-refractivity contribution < 1.29 is 0 Å². The molecule has 0 saturated heterocycles. The lowest BCUT2D eigenvalue weighted by Gasteiger charge is -1.95. The lowest BCUT2D eigenvalue weighted by atomic mass is 10.2. The van der Waals surface area contributed by atoms with Crippen LogP contribution in [0.1, 0.15) is 5.69 Å². The van der Waals surface area contributed by atoms with Crippen molar-refractivity contribution in [3.8, 4) is 28.0 Å². The van der Waals surface area contributed by atoms with Crippen LogP contribution in [0, 0.1) is 11.3 Å². The highest BCUT2D eigenvalue weighted by Crippen LogP contribution is 2.29. The Kier molecular flexibility index (Phi) is 2.99. The maximum absolute atomic E-state index is 8.91. The van der Waals surface area contributed by atoms with Crippen LogP contribution in [-0.4, -0.2) is 20.4 Å². The maximum Gasteiger partial charge on any atom is 0.192 e. The number of thiazole rings is 1. The first-order chi connectivity index (χ1) is 9.28. The molecule has 0 unspecified atom stereocenters. The van der Waals surface area contributed by atoms with Crippen molar-refractivity contribution >= 4 is 22.9 Å². The third kappa shape index (κ3) is 2.21. The van der Waals surface area contributed by atoms with E-state index in [9.17, 15) is 0 Å². The quantitative estimate of drug-likeness (QED) is 0.785. The molecule has 0 fully saturated rings. The summed E-state index contributed by atoms with van der Waals surface area (Å²) in [4.78, 5) is 4.46. The monoisotopic (exact) mass is 287 g/mol. The molecular weight excluding hydrogens is 282 g/mol. The predicted molar refractivity (Wildman–Crippen MR) is 72.7 cm³/mol. The Labute approximate surface area is 117 Å². The standard InChI is InChI=1S/C12H6ClN5S/c13-8-3-1-7(2-4-8)10-6-19-12(15-10)11-9(5-14)16-18-17-11/h1-4,6H,(H,16,17,18). The van der Waals surface area contributed by atoms with Gasteiger partial charge in [0.05, 0.1) is 5.69 Å². The Balaban J connectivity index is 2.00. The fourth-order valence-corrected chi connectivity index (χ4v) is 2.54. The lowest BCUT2D eigenvalue weighted by Crippen LogP contribution is -1.82. The van der Waals surface area contributed by atoms with Gasteiger partial charge in [-0.15, -0.1) is 16.4 Å². The number of nitrogens with one attached hydrogen (secondary N) is 1. The highest BCUT2D eigenvalue weighted by atomic mass is 35.5. The van der Waals surface area contributed by atoms with Crippen molar-refractivity contribution in [2.24, 2.45) is 0 Å². The third-order valence-corrected chi connectivity index (χ3v) is 3.60. The van der Waals surface area contributed by atoms with E-state index < -0.39 is 0 Å². The Morgan fingerprint density at radius 3 is 2.74 bits per heavy atom. The van der Waals surface area contributed by atoms with Gasteiger partial charge in [-0.25, -0.2) is 4.98 Å². The molecule has 0 saturated carbocycles. The Morgan fingerprint density at radius 2 is 2.00 bits per heavy atom. The smallest absolute Gasteiger partial charge is 0.192 e. The van der Waals surface area contributed by atoms with E-state index in [0.29, 0.717) is 15.7 Å². The molecule has 0 aliphatic rings. The molecule has 0 spiro atoms. The zero-order valence-electron chi connectivity index (χ0n) is 9.46. The molecule has 7 heteroatoms. The summed E-state index contributed by atoms with van der Waals surface area (Å²) in [6.45, 7) is 0. The van der Waals surface area contributed by atoms with E-state index in [1.165, 1.54) is 11.3 Å². The molecule has 1 aromatic carbocycles. The maximum atomic E-state index is 8.91. The summed E-state index contributed by atoms with van der Waals surface area (Å²) in [6.07, 6.45) is 0. The predicted octanol–water partition coefficient (Wildman–Crippen LogP) is 3.12. The van der Waals surface area contributed by atoms with Crippen LogP contribution < -0.4 is 0 Å². The van der Waals surface area contributed by atoms with Gasteiger partial charge in [0.25, 0.3) is 0 Å². The molecule has 92 valence electrons. The number of benzene rings is 1. The first kappa shape index (κ1) is 11.8. The van der Waals surface area contributed by atoms with E-state index in [0.717, 1.165) is 11.3 Å². The van der Waals surface area contributed by atoms with Crippen LogP contribution in [0.4, 0.5) is 0 Å². The highest BCUT2D eigenvalue weighted by molar-refractivity contribution is 7.13. The topological polar surface area (TPSA) is 78.2 Å². The van der Waals surface area contributed by atoms with Crippen LogP contribution in [0.2, 0.25) is 5.02 Å². The second-order valence-corrected chi connectivity index (χ2v) is 4.97. The van der Waals surface area contributed by atoms with E-state index >= 15 is 0 Å². The van der Waals surface area contributed by atoms with Crippen molar-refractivity contribution in [3.05, 3.63) is 40.4 Å². The van der Waals surface area contributed by atoms with Gasteiger partial charge in [0.1, 0.15) is 11.1 Å². The summed E-state index contributed by atoms with van der Waals surface area (Å²) in [7, 11) is 0. The molecule has 1 N–H and O–H groups in total. The summed E-state index contributed by atoms with van der Waals surface area (Å²) in [5.74, 6) is 0. The second kappa shape index (κ2) is 4.80. The minimum atomic E-state index is 0.247. The van der Waals surface area contributed by atoms with E-state index in [1.54, 1.807) is 0 Å². The number of aromatic nitrogens is 4. The van der Waals surface area contributed by atoms with Crippen molar-refractivity contribution in [2.75, 3.05) is 0 Å². The van der Waals surface area contributed by atoms with Gasteiger partial charge in [-0.1, -0.05) is 23.7 Å². The lowest BCUT2D eigenvalue weighted by molar-refractivity contribution is 0.937. The average Bonchev–Trinajstić information content (AvgIpc) is 3.07. The Bertz CT molecular complexity index is 753. The molecule has 2 heterocycles. The minimum absolute atomic E-state index is 0.247. The van der Waals surface area contributed by atoms with Gasteiger partial charge in [-0.2, -0.15) is 15.6 Å². The highest BCUT2D eigenvalue weighted by Gasteiger charge is 2.14. The molecule has 3 rings (SSSR count). The van der Waals surface area contributed by atoms with Gasteiger partial charge in [0.15, 0.2) is 11.4 Å². The fraction of sp³-hybridized carbons (Fsp3) is 0. The molecular formula is C12H6ClN5S. The van der Waals surface area contributed by atoms with E-state index in [1.807, 2.05) is 35.7 Å². The van der Waals surface area contributed by atoms with Crippen LogP contribution in [0.25, 0.3) is 22.0 Å². The fourth-order valence-electron chi connectivity index (χ4n) is 1.59. The van der Waals surface area contributed by atoms with Crippen molar-refractivity contribution in [1.82, 2.24) is 20.4 Å². The van der Waals surface area contributed by atoms with E-state index in [4.69, 9.17) is 16.9 Å². The average molecular weight is 288 g/mol. The Hall–Kier alpha value is -2.23. The largest absolute Gasteiger partial charge is 0.234 e. The summed E-state index contributed by atoms with van der Waals surface area (Å²) in [6, 6.07) is 9.40. The van der Waals surface area contributed by atoms with Crippen molar-refractivity contribution in [1.29, 1.82) is 5.26 Å². The molecule has 0 amide bonds. The van der Waals surface area contributed by atoms with Gasteiger partial charge in [-0.3, -0.25) is 0 Å². The molecule has 0 atom stereocenters. The second-order valence-electron chi connectivity index (χ2n) is 3.68. The number of H-pyrrole nitrogens is 1. The number of nitriles is 1. The molecule has 0 bridgehead atoms. The summed E-state index contributed by atoms with van der Waals surface area (Å²) >= 11 is 7.27. The van der Waals surface area contributed by atoms with Crippen molar-refractivity contribution in [2.45, 2.75) is 0 Å². The molecule has 19 heavy (non-hydrogen) atoms. The van der Waals surface area contributed by atoms with E-state index in [-0.39, 0.29) is 5.69 Å². The number of hydrogen-bond acceptors (Lipinski definition) is 5.